The molecule has 3 heterocycles. The second kappa shape index (κ2) is 23.7. The van der Waals surface area contributed by atoms with Crippen molar-refractivity contribution < 1.29 is 50.8 Å². The van der Waals surface area contributed by atoms with Crippen LogP contribution in [-0.4, -0.2) is 143 Å². The van der Waals surface area contributed by atoms with Gasteiger partial charge in [0.25, 0.3) is 21.9 Å². The minimum Gasteiger partial charge on any atom is -0.460 e. The molecule has 20 heteroatoms. The van der Waals surface area contributed by atoms with Crippen molar-refractivity contribution >= 4 is 84.7 Å². The van der Waals surface area contributed by atoms with Crippen LogP contribution in [-0.2, 0) is 33.3 Å². The summed E-state index contributed by atoms with van der Waals surface area (Å²) in [7, 11) is -3.64. The van der Waals surface area contributed by atoms with Crippen LogP contribution in [0.1, 0.15) is 59.0 Å². The summed E-state index contributed by atoms with van der Waals surface area (Å²) >= 11 is 0. The Morgan fingerprint density at radius 1 is 0.605 bits per heavy atom. The second-order valence-electron chi connectivity index (χ2n) is 19.6. The molecule has 3 aliphatic heterocycles. The predicted octanol–water partition coefficient (Wildman–Crippen LogP) is 7.17. The maximum atomic E-state index is 12.8. The lowest BCUT2D eigenvalue weighted by molar-refractivity contribution is -0.155. The maximum Gasteiger partial charge on any atom is 0.414 e. The Hall–Kier alpha value is -8.04. The Morgan fingerprint density at radius 3 is 1.49 bits per heavy atom. The summed E-state index contributed by atoms with van der Waals surface area (Å²) in [6.07, 6.45) is -0.681. The molecular formula is C56H60N8O11S. The summed E-state index contributed by atoms with van der Waals surface area (Å²) in [5.41, 5.74) is 2.63. The maximum absolute atomic E-state index is 12.8. The number of rotatable bonds is 14. The van der Waals surface area contributed by atoms with Gasteiger partial charge in [-0.1, -0.05) is 60.7 Å². The van der Waals surface area contributed by atoms with Crippen molar-refractivity contribution in [1.29, 1.82) is 10.8 Å². The monoisotopic (exact) mass is 1050 g/mol. The molecule has 3 saturated heterocycles. The van der Waals surface area contributed by atoms with E-state index in [9.17, 15) is 32.4 Å². The van der Waals surface area contributed by atoms with Gasteiger partial charge in [-0.2, -0.15) is 8.42 Å². The van der Waals surface area contributed by atoms with Crippen LogP contribution < -0.4 is 20.4 Å². The van der Waals surface area contributed by atoms with Crippen LogP contribution in [0, 0.1) is 10.8 Å². The predicted molar refractivity (Wildman–Crippen MR) is 289 cm³/mol. The highest BCUT2D eigenvalue weighted by Gasteiger charge is 2.35. The van der Waals surface area contributed by atoms with Gasteiger partial charge >= 0.3 is 18.2 Å². The summed E-state index contributed by atoms with van der Waals surface area (Å²) in [5.74, 6) is -1.02. The van der Waals surface area contributed by atoms with Crippen molar-refractivity contribution in [3.8, 4) is 0 Å². The number of nitrogens with zero attached hydrogens (tertiary/aromatic N) is 4. The average molecular weight is 1050 g/mol. The van der Waals surface area contributed by atoms with Crippen molar-refractivity contribution in [3.63, 3.8) is 0 Å². The van der Waals surface area contributed by atoms with Crippen LogP contribution in [0.25, 0.3) is 21.5 Å². The lowest BCUT2D eigenvalue weighted by Gasteiger charge is -2.35. The Bertz CT molecular complexity index is 3270. The van der Waals surface area contributed by atoms with E-state index >= 15 is 0 Å². The number of hydrogen-bond acceptors (Lipinski definition) is 15. The zero-order chi connectivity index (χ0) is 54.1. The Morgan fingerprint density at radius 2 is 1.03 bits per heavy atom. The molecule has 2 atom stereocenters. The smallest absolute Gasteiger partial charge is 0.414 e. The van der Waals surface area contributed by atoms with Crippen molar-refractivity contribution in [2.75, 3.05) is 75.0 Å². The topological polar surface area (TPSA) is 241 Å². The zero-order valence-electron chi connectivity index (χ0n) is 42.6. The highest BCUT2D eigenvalue weighted by Crippen LogP contribution is 2.25. The molecule has 0 bridgehead atoms. The van der Waals surface area contributed by atoms with E-state index < -0.39 is 39.9 Å². The average Bonchev–Trinajstić information content (AvgIpc) is 3.98. The van der Waals surface area contributed by atoms with Crippen LogP contribution in [0.4, 0.5) is 21.0 Å². The lowest BCUT2D eigenvalue weighted by Crippen LogP contribution is -2.49. The van der Waals surface area contributed by atoms with E-state index in [0.717, 1.165) is 54.0 Å². The van der Waals surface area contributed by atoms with E-state index in [2.05, 4.69) is 20.4 Å². The minimum atomic E-state index is -3.64. The number of esters is 1. The number of anilines is 2. The zero-order valence-corrected chi connectivity index (χ0v) is 43.4. The molecule has 4 N–H and O–H groups in total. The van der Waals surface area contributed by atoms with Gasteiger partial charge < -0.3 is 29.7 Å². The fourth-order valence-electron chi connectivity index (χ4n) is 8.76. The van der Waals surface area contributed by atoms with Gasteiger partial charge in [0.15, 0.2) is 0 Å². The molecule has 0 spiro atoms. The van der Waals surface area contributed by atoms with Gasteiger partial charge in [0.1, 0.15) is 36.1 Å². The number of nitrogens with one attached hydrogen (secondary N) is 4. The molecule has 19 nitrogen and oxygen atoms in total. The third-order valence-electron chi connectivity index (χ3n) is 12.6. The molecule has 3 aliphatic rings. The molecule has 0 aromatic heterocycles. The first kappa shape index (κ1) is 54.2. The first-order chi connectivity index (χ1) is 36.2. The van der Waals surface area contributed by atoms with Crippen molar-refractivity contribution in [2.24, 2.45) is 0 Å². The number of cyclic esters (lactones) is 2. The molecule has 0 aliphatic carbocycles. The third kappa shape index (κ3) is 14.6. The highest BCUT2D eigenvalue weighted by molar-refractivity contribution is 7.86. The first-order valence-corrected chi connectivity index (χ1v) is 26.5. The van der Waals surface area contributed by atoms with Crippen molar-refractivity contribution in [3.05, 3.63) is 156 Å². The number of benzene rings is 6. The minimum absolute atomic E-state index is 0.0168. The molecule has 0 radical (unpaired) electrons. The van der Waals surface area contributed by atoms with Crippen LogP contribution in [0.15, 0.2) is 133 Å². The Labute approximate surface area is 440 Å². The number of ether oxygens (including phenoxy) is 3. The summed E-state index contributed by atoms with van der Waals surface area (Å²) in [4.78, 5) is 69.7. The lowest BCUT2D eigenvalue weighted by atomic mass is 10.1. The van der Waals surface area contributed by atoms with Gasteiger partial charge in [-0.15, -0.1) is 0 Å². The summed E-state index contributed by atoms with van der Waals surface area (Å²) in [6, 6.07) is 39.7. The van der Waals surface area contributed by atoms with Gasteiger partial charge in [-0.25, -0.2) is 9.59 Å². The van der Waals surface area contributed by atoms with Crippen LogP contribution >= 0.6 is 0 Å². The van der Waals surface area contributed by atoms with Crippen molar-refractivity contribution in [2.45, 2.75) is 45.0 Å². The fraction of sp³-hybridized carbons (Fsp3) is 0.304. The van der Waals surface area contributed by atoms with Gasteiger partial charge in [-0.3, -0.25) is 44.1 Å². The molecule has 4 amide bonds. The molecule has 3 fully saturated rings. The van der Waals surface area contributed by atoms with Crippen molar-refractivity contribution in [1.82, 2.24) is 20.4 Å². The molecule has 0 saturated carbocycles. The standard InChI is InChI=1S/C33H39N5O5.C23H21N3O6S/c1-33(2,3)43-29(39)14-15-36-16-18-37(19-17-36)21-28-22-38(32(41)42-28)27-12-10-24(11-13-27)30(34)35-31(40)26-9-8-23-6-4-5-7-25(23)20-26;1-33(29,30)31-14-20-13-26(23(28)32-20)19-10-8-16(9-11-19)21(24)25-22(27)18-7-6-15-4-2-3-5-17(15)12-18/h4-13,20,28H,14-19,21-22H2,1-3H3,(H2,34,35,40);2-12,20H,13-14H2,1H3,(H2,24,25,27). The fourth-order valence-corrected chi connectivity index (χ4v) is 9.16. The number of piperazine rings is 1. The number of fused-ring (bicyclic) bond motifs is 2. The second-order valence-corrected chi connectivity index (χ2v) is 21.2. The van der Waals surface area contributed by atoms with E-state index in [1.54, 1.807) is 71.6 Å². The van der Waals surface area contributed by atoms with Gasteiger partial charge in [0.05, 0.1) is 25.8 Å². The molecule has 396 valence electrons. The Balaban J connectivity index is 0.000000209. The van der Waals surface area contributed by atoms with Crippen LogP contribution in [0.2, 0.25) is 0 Å². The van der Waals surface area contributed by atoms with Crippen LogP contribution in [0.5, 0.6) is 0 Å². The number of carbonyl (C=O) groups excluding carboxylic acids is 5. The third-order valence-corrected chi connectivity index (χ3v) is 13.2. The van der Waals surface area contributed by atoms with Gasteiger partial charge in [-0.05, 0) is 115 Å². The van der Waals surface area contributed by atoms with E-state index in [1.807, 2.05) is 87.5 Å². The SMILES string of the molecule is CC(C)(C)OC(=O)CCN1CCN(CC2CN(c3ccc(C(=N)NC(=O)c4ccc5ccccc5c4)cc3)C(=O)O2)CC1.CS(=O)(=O)OCC1CN(c2ccc(C(=N)NC(=O)c3ccc4ccccc4c3)cc2)C(=O)O1. The number of carbonyl (C=O) groups is 5. The molecule has 9 rings (SSSR count). The normalized spacial score (nSPS) is 17.1. The first-order valence-electron chi connectivity index (χ1n) is 24.7. The number of amidine groups is 2. The summed E-state index contributed by atoms with van der Waals surface area (Å²) in [6.45, 7) is 10.6. The number of amides is 4. The summed E-state index contributed by atoms with van der Waals surface area (Å²) < 4.78 is 43.1. The van der Waals surface area contributed by atoms with E-state index in [-0.39, 0.29) is 42.8 Å². The summed E-state index contributed by atoms with van der Waals surface area (Å²) in [5, 5.41) is 25.8. The molecule has 76 heavy (non-hydrogen) atoms. The van der Waals surface area contributed by atoms with Crippen LogP contribution in [0.3, 0.4) is 0 Å². The highest BCUT2D eigenvalue weighted by atomic mass is 32.2. The Kier molecular flexibility index (Phi) is 16.9. The van der Waals surface area contributed by atoms with E-state index in [4.69, 9.17) is 29.2 Å². The van der Waals surface area contributed by atoms with Gasteiger partial charge in [0, 0.05) is 72.9 Å². The van der Waals surface area contributed by atoms with E-state index in [0.29, 0.717) is 59.7 Å². The van der Waals surface area contributed by atoms with E-state index in [1.165, 1.54) is 4.90 Å². The van der Waals surface area contributed by atoms with Gasteiger partial charge in [0.2, 0.25) is 0 Å². The molecule has 6 aromatic carbocycles. The number of hydrogen-bond donors (Lipinski definition) is 4. The molecule has 6 aromatic rings. The largest absolute Gasteiger partial charge is 0.460 e. The molecule has 2 unspecified atom stereocenters. The molecular weight excluding hydrogens is 993 g/mol. The quantitative estimate of drug-likeness (QED) is 0.0279.